The number of nitrogens with one attached hydrogen (secondary N) is 1. The maximum atomic E-state index is 12.0. The summed E-state index contributed by atoms with van der Waals surface area (Å²) in [4.78, 5) is 22.7. The molecule has 0 radical (unpaired) electrons. The molecule has 2 aromatic rings. The van der Waals surface area contributed by atoms with Crippen LogP contribution in [-0.4, -0.2) is 29.3 Å². The molecule has 0 unspecified atom stereocenters. The van der Waals surface area contributed by atoms with Gasteiger partial charge in [-0.25, -0.2) is 10.2 Å². The van der Waals surface area contributed by atoms with E-state index in [2.05, 4.69) is 10.5 Å². The zero-order valence-electron chi connectivity index (χ0n) is 13.4. The van der Waals surface area contributed by atoms with E-state index < -0.39 is 12.1 Å². The number of carboxylic acid groups (broad SMARTS) is 1. The maximum Gasteiger partial charge on any atom is 0.335 e. The highest BCUT2D eigenvalue weighted by atomic mass is 16.5. The number of hydrazone groups is 1. The monoisotopic (exact) mass is 326 g/mol. The zero-order chi connectivity index (χ0) is 17.5. The summed E-state index contributed by atoms with van der Waals surface area (Å²) < 4.78 is 5.60. The molecule has 0 aliphatic rings. The summed E-state index contributed by atoms with van der Waals surface area (Å²) in [7, 11) is 0. The minimum atomic E-state index is -0.992. The number of para-hydroxylation sites is 1. The van der Waals surface area contributed by atoms with Gasteiger partial charge < -0.3 is 9.84 Å². The quantitative estimate of drug-likeness (QED) is 0.631. The Morgan fingerprint density at radius 3 is 2.46 bits per heavy atom. The van der Waals surface area contributed by atoms with E-state index in [9.17, 15) is 9.59 Å². The molecule has 0 saturated carbocycles. The van der Waals surface area contributed by atoms with Gasteiger partial charge in [0.15, 0.2) is 6.10 Å². The second kappa shape index (κ2) is 7.92. The van der Waals surface area contributed by atoms with E-state index >= 15 is 0 Å². The van der Waals surface area contributed by atoms with Crippen LogP contribution < -0.4 is 10.2 Å². The van der Waals surface area contributed by atoms with Crippen molar-refractivity contribution in [3.05, 3.63) is 65.2 Å². The van der Waals surface area contributed by atoms with Gasteiger partial charge in [-0.3, -0.25) is 4.79 Å². The number of nitrogens with zero attached hydrogens (tertiary/aromatic N) is 1. The fourth-order valence-corrected chi connectivity index (χ4v) is 1.91. The lowest BCUT2D eigenvalue weighted by atomic mass is 10.1. The average molecular weight is 326 g/mol. The molecule has 0 aliphatic carbocycles. The van der Waals surface area contributed by atoms with Crippen molar-refractivity contribution in [3.8, 4) is 5.75 Å². The molecule has 0 heterocycles. The Labute approximate surface area is 139 Å². The van der Waals surface area contributed by atoms with Gasteiger partial charge in [-0.05, 0) is 43.2 Å². The van der Waals surface area contributed by atoms with E-state index in [1.165, 1.54) is 18.3 Å². The van der Waals surface area contributed by atoms with Crippen LogP contribution >= 0.6 is 0 Å². The van der Waals surface area contributed by atoms with Gasteiger partial charge in [-0.1, -0.05) is 30.3 Å². The van der Waals surface area contributed by atoms with Gasteiger partial charge in [0.1, 0.15) is 5.75 Å². The molecule has 0 aliphatic heterocycles. The van der Waals surface area contributed by atoms with E-state index in [1.54, 1.807) is 25.1 Å². The number of hydrogen-bond donors (Lipinski definition) is 2. The van der Waals surface area contributed by atoms with Crippen molar-refractivity contribution in [2.24, 2.45) is 5.10 Å². The van der Waals surface area contributed by atoms with Crippen molar-refractivity contribution < 1.29 is 19.4 Å². The highest BCUT2D eigenvalue weighted by molar-refractivity contribution is 5.89. The maximum absolute atomic E-state index is 12.0. The minimum absolute atomic E-state index is 0.191. The number of ether oxygens (including phenoxy) is 1. The van der Waals surface area contributed by atoms with Crippen LogP contribution in [0.4, 0.5) is 0 Å². The number of amides is 1. The molecule has 0 bridgehead atoms. The molecule has 0 fully saturated rings. The van der Waals surface area contributed by atoms with Crippen LogP contribution in [0.1, 0.15) is 28.4 Å². The molecule has 2 N–H and O–H groups in total. The van der Waals surface area contributed by atoms with Crippen LogP contribution in [0, 0.1) is 6.92 Å². The van der Waals surface area contributed by atoms with Crippen LogP contribution in [-0.2, 0) is 4.79 Å². The van der Waals surface area contributed by atoms with Crippen molar-refractivity contribution in [1.29, 1.82) is 0 Å². The zero-order valence-corrected chi connectivity index (χ0v) is 13.4. The molecule has 6 nitrogen and oxygen atoms in total. The summed E-state index contributed by atoms with van der Waals surface area (Å²) in [6.45, 7) is 3.54. The second-order valence-corrected chi connectivity index (χ2v) is 5.19. The summed E-state index contributed by atoms with van der Waals surface area (Å²) in [6.07, 6.45) is 0.738. The first kappa shape index (κ1) is 17.2. The van der Waals surface area contributed by atoms with Crippen molar-refractivity contribution in [3.63, 3.8) is 0 Å². The summed E-state index contributed by atoms with van der Waals surface area (Å²) >= 11 is 0. The summed E-state index contributed by atoms with van der Waals surface area (Å²) in [5.41, 5.74) is 4.21. The third kappa shape index (κ3) is 4.67. The van der Waals surface area contributed by atoms with Crippen LogP contribution in [0.25, 0.3) is 0 Å². The Bertz CT molecular complexity index is 754. The van der Waals surface area contributed by atoms with E-state index in [1.807, 2.05) is 25.1 Å². The Balaban J connectivity index is 1.89. The van der Waals surface area contributed by atoms with E-state index in [0.29, 0.717) is 11.3 Å². The molecule has 0 spiro atoms. The van der Waals surface area contributed by atoms with Gasteiger partial charge in [-0.15, -0.1) is 0 Å². The first-order chi connectivity index (χ1) is 11.5. The summed E-state index contributed by atoms with van der Waals surface area (Å²) in [5.74, 6) is -0.723. The minimum Gasteiger partial charge on any atom is -0.481 e. The molecule has 24 heavy (non-hydrogen) atoms. The standard InChI is InChI=1S/C18H18N2O4/c1-12-5-3-4-6-16(12)24-13(2)17(21)20-19-11-14-7-9-15(10-8-14)18(22)23/h3-11,13H,1-2H3,(H,20,21)(H,22,23)/t13-/m0/s1. The van der Waals surface area contributed by atoms with Crippen molar-refractivity contribution in [2.75, 3.05) is 0 Å². The number of benzene rings is 2. The van der Waals surface area contributed by atoms with Crippen molar-refractivity contribution in [1.82, 2.24) is 5.43 Å². The third-order valence-corrected chi connectivity index (χ3v) is 3.31. The molecule has 124 valence electrons. The lowest BCUT2D eigenvalue weighted by molar-refractivity contribution is -0.127. The molecule has 2 rings (SSSR count). The topological polar surface area (TPSA) is 88.0 Å². The Morgan fingerprint density at radius 1 is 1.17 bits per heavy atom. The molecule has 2 aromatic carbocycles. The molecule has 0 aromatic heterocycles. The van der Waals surface area contributed by atoms with Gasteiger partial charge in [-0.2, -0.15) is 5.10 Å². The number of carboxylic acids is 1. The molecule has 1 atom stereocenters. The van der Waals surface area contributed by atoms with Crippen LogP contribution in [0.5, 0.6) is 5.75 Å². The molecule has 1 amide bonds. The highest BCUT2D eigenvalue weighted by Gasteiger charge is 2.14. The Morgan fingerprint density at radius 2 is 1.83 bits per heavy atom. The molecular weight excluding hydrogens is 308 g/mol. The van der Waals surface area contributed by atoms with Crippen molar-refractivity contribution in [2.45, 2.75) is 20.0 Å². The van der Waals surface area contributed by atoms with Crippen molar-refractivity contribution >= 4 is 18.1 Å². The largest absolute Gasteiger partial charge is 0.481 e. The van der Waals surface area contributed by atoms with Gasteiger partial charge in [0, 0.05) is 0 Å². The van der Waals surface area contributed by atoms with Gasteiger partial charge in [0.05, 0.1) is 11.8 Å². The normalized spacial score (nSPS) is 11.9. The number of hydrogen-bond acceptors (Lipinski definition) is 4. The van der Waals surface area contributed by atoms with E-state index in [0.717, 1.165) is 5.56 Å². The Hall–Kier alpha value is -3.15. The van der Waals surface area contributed by atoms with E-state index in [-0.39, 0.29) is 11.5 Å². The number of rotatable bonds is 6. The first-order valence-corrected chi connectivity index (χ1v) is 7.36. The number of aromatic carboxylic acids is 1. The fourth-order valence-electron chi connectivity index (χ4n) is 1.91. The Kier molecular flexibility index (Phi) is 5.68. The predicted octanol–water partition coefficient (Wildman–Crippen LogP) is 2.61. The lowest BCUT2D eigenvalue weighted by Crippen LogP contribution is -2.33. The summed E-state index contributed by atoms with van der Waals surface area (Å²) in [6, 6.07) is 13.6. The number of carbonyl (C=O) groups excluding carboxylic acids is 1. The highest BCUT2D eigenvalue weighted by Crippen LogP contribution is 2.17. The van der Waals surface area contributed by atoms with Crippen LogP contribution in [0.15, 0.2) is 53.6 Å². The summed E-state index contributed by atoms with van der Waals surface area (Å²) in [5, 5.41) is 12.7. The second-order valence-electron chi connectivity index (χ2n) is 5.19. The molecule has 6 heteroatoms. The predicted molar refractivity (Wildman–Crippen MR) is 90.4 cm³/mol. The SMILES string of the molecule is Cc1ccccc1O[C@@H](C)C(=O)NN=Cc1ccc(C(=O)O)cc1. The van der Waals surface area contributed by atoms with Gasteiger partial charge >= 0.3 is 5.97 Å². The fraction of sp³-hybridized carbons (Fsp3) is 0.167. The smallest absolute Gasteiger partial charge is 0.335 e. The van der Waals surface area contributed by atoms with E-state index in [4.69, 9.17) is 9.84 Å². The van der Waals surface area contributed by atoms with Gasteiger partial charge in [0.25, 0.3) is 5.91 Å². The molecule has 0 saturated heterocycles. The first-order valence-electron chi connectivity index (χ1n) is 7.36. The van der Waals surface area contributed by atoms with Crippen LogP contribution in [0.3, 0.4) is 0 Å². The number of carbonyl (C=O) groups is 2. The molecular formula is C18H18N2O4. The lowest BCUT2D eigenvalue weighted by Gasteiger charge is -2.14. The number of aryl methyl sites for hydroxylation is 1. The third-order valence-electron chi connectivity index (χ3n) is 3.31. The van der Waals surface area contributed by atoms with Gasteiger partial charge in [0.2, 0.25) is 0 Å². The average Bonchev–Trinajstić information content (AvgIpc) is 2.57. The van der Waals surface area contributed by atoms with Crippen LogP contribution in [0.2, 0.25) is 0 Å².